The molecule has 184 valence electrons. The fraction of sp³-hybridized carbons (Fsp3) is 0.130. The molecular formula is C23H20F2N8O3. The fourth-order valence-electron chi connectivity index (χ4n) is 3.36. The number of hydrogen-bond acceptors (Lipinski definition) is 8. The van der Waals surface area contributed by atoms with Crippen LogP contribution in [0.5, 0.6) is 0 Å². The van der Waals surface area contributed by atoms with Crippen molar-refractivity contribution in [3.63, 3.8) is 0 Å². The molecule has 11 nitrogen and oxygen atoms in total. The van der Waals surface area contributed by atoms with E-state index in [4.69, 9.17) is 5.73 Å². The maximum absolute atomic E-state index is 14.4. The molecule has 4 N–H and O–H groups in total. The van der Waals surface area contributed by atoms with Gasteiger partial charge >= 0.3 is 12.0 Å². The third-order valence-corrected chi connectivity index (χ3v) is 5.14. The number of rotatable bonds is 6. The standard InChI is InChI=1S/C23H20F2N8O3/c1-12(22(34)36-2)28-23(35)29-15-6-3-5-13(9-15)14-10-16(20(26)27-11-14)21-30-31-32-33(21)18-8-4-7-17(24)19(18)25/h3-12H,1-2H3,(H2,26,27)(H2,28,29,35). The first kappa shape index (κ1) is 24.2. The predicted molar refractivity (Wildman–Crippen MR) is 126 cm³/mol. The van der Waals surface area contributed by atoms with Crippen LogP contribution in [-0.2, 0) is 9.53 Å². The Morgan fingerprint density at radius 2 is 1.89 bits per heavy atom. The number of esters is 1. The summed E-state index contributed by atoms with van der Waals surface area (Å²) in [7, 11) is 1.23. The lowest BCUT2D eigenvalue weighted by Crippen LogP contribution is -2.41. The number of tetrazole rings is 1. The first-order valence-corrected chi connectivity index (χ1v) is 10.5. The molecule has 0 aliphatic carbocycles. The number of nitrogens with two attached hydrogens (primary N) is 1. The third kappa shape index (κ3) is 4.94. The van der Waals surface area contributed by atoms with Crippen LogP contribution >= 0.6 is 0 Å². The molecule has 0 saturated carbocycles. The van der Waals surface area contributed by atoms with Crippen LogP contribution in [0.4, 0.5) is 25.1 Å². The molecule has 0 bridgehead atoms. The first-order chi connectivity index (χ1) is 17.3. The van der Waals surface area contributed by atoms with Crippen molar-refractivity contribution in [2.24, 2.45) is 0 Å². The Kier molecular flexibility index (Phi) is 6.81. The molecule has 2 aromatic carbocycles. The lowest BCUT2D eigenvalue weighted by molar-refractivity contribution is -0.142. The van der Waals surface area contributed by atoms with Crippen LogP contribution < -0.4 is 16.4 Å². The number of urea groups is 1. The molecule has 4 aromatic rings. The van der Waals surface area contributed by atoms with Gasteiger partial charge in [0, 0.05) is 17.4 Å². The molecule has 2 heterocycles. The van der Waals surface area contributed by atoms with Gasteiger partial charge in [0.2, 0.25) is 0 Å². The van der Waals surface area contributed by atoms with Crippen molar-refractivity contribution in [3.8, 4) is 28.2 Å². The number of nitrogen functional groups attached to an aromatic ring is 1. The molecule has 2 amide bonds. The first-order valence-electron chi connectivity index (χ1n) is 10.5. The second-order valence-corrected chi connectivity index (χ2v) is 7.57. The third-order valence-electron chi connectivity index (χ3n) is 5.14. The van der Waals surface area contributed by atoms with Crippen molar-refractivity contribution < 1.29 is 23.1 Å². The summed E-state index contributed by atoms with van der Waals surface area (Å²) in [6, 6.07) is 10.7. The number of amides is 2. The van der Waals surface area contributed by atoms with E-state index in [9.17, 15) is 18.4 Å². The van der Waals surface area contributed by atoms with E-state index in [2.05, 4.69) is 35.9 Å². The van der Waals surface area contributed by atoms with Gasteiger partial charge in [-0.25, -0.2) is 23.4 Å². The summed E-state index contributed by atoms with van der Waals surface area (Å²) in [4.78, 5) is 27.9. The molecule has 4 rings (SSSR count). The average Bonchev–Trinajstić information content (AvgIpc) is 3.35. The van der Waals surface area contributed by atoms with E-state index >= 15 is 0 Å². The zero-order chi connectivity index (χ0) is 25.8. The van der Waals surface area contributed by atoms with E-state index in [1.165, 1.54) is 32.4 Å². The number of pyridine rings is 1. The van der Waals surface area contributed by atoms with Crippen LogP contribution in [0.15, 0.2) is 54.7 Å². The highest BCUT2D eigenvalue weighted by Crippen LogP contribution is 2.31. The summed E-state index contributed by atoms with van der Waals surface area (Å²) < 4.78 is 33.8. The molecule has 13 heteroatoms. The topological polar surface area (TPSA) is 150 Å². The average molecular weight is 494 g/mol. The van der Waals surface area contributed by atoms with Crippen LogP contribution in [0.25, 0.3) is 28.2 Å². The number of benzene rings is 2. The zero-order valence-electron chi connectivity index (χ0n) is 19.1. The molecule has 0 radical (unpaired) electrons. The van der Waals surface area contributed by atoms with Gasteiger partial charge in [-0.3, -0.25) is 0 Å². The number of hydrogen-bond donors (Lipinski definition) is 3. The Hall–Kier alpha value is -4.94. The van der Waals surface area contributed by atoms with Gasteiger partial charge in [-0.15, -0.1) is 5.10 Å². The summed E-state index contributed by atoms with van der Waals surface area (Å²) in [5, 5.41) is 16.4. The Morgan fingerprint density at radius 1 is 1.11 bits per heavy atom. The van der Waals surface area contributed by atoms with Crippen molar-refractivity contribution >= 4 is 23.5 Å². The smallest absolute Gasteiger partial charge is 0.328 e. The molecule has 36 heavy (non-hydrogen) atoms. The van der Waals surface area contributed by atoms with Gasteiger partial charge in [-0.1, -0.05) is 18.2 Å². The van der Waals surface area contributed by atoms with Crippen LogP contribution in [-0.4, -0.2) is 50.3 Å². The number of anilines is 2. The number of carbonyl (C=O) groups is 2. The number of nitrogens with one attached hydrogen (secondary N) is 2. The Labute approximate surface area is 203 Å². The zero-order valence-corrected chi connectivity index (χ0v) is 19.1. The van der Waals surface area contributed by atoms with Gasteiger partial charge < -0.3 is 21.1 Å². The number of carbonyl (C=O) groups excluding carboxylic acids is 2. The summed E-state index contributed by atoms with van der Waals surface area (Å²) in [6.07, 6.45) is 1.51. The van der Waals surface area contributed by atoms with E-state index < -0.39 is 29.7 Å². The molecule has 0 aliphatic heterocycles. The lowest BCUT2D eigenvalue weighted by Gasteiger charge is -2.13. The van der Waals surface area contributed by atoms with Gasteiger partial charge in [-0.05, 0) is 53.2 Å². The molecule has 0 spiro atoms. The van der Waals surface area contributed by atoms with Crippen molar-refractivity contribution in [1.82, 2.24) is 30.5 Å². The van der Waals surface area contributed by atoms with Gasteiger partial charge in [0.1, 0.15) is 17.5 Å². The minimum Gasteiger partial charge on any atom is -0.467 e. The summed E-state index contributed by atoms with van der Waals surface area (Å²) in [5.74, 6) is -2.64. The normalized spacial score (nSPS) is 11.6. The highest BCUT2D eigenvalue weighted by molar-refractivity contribution is 5.93. The monoisotopic (exact) mass is 494 g/mol. The maximum atomic E-state index is 14.4. The number of halogens is 2. The van der Waals surface area contributed by atoms with Gasteiger partial charge in [0.25, 0.3) is 0 Å². The maximum Gasteiger partial charge on any atom is 0.328 e. The predicted octanol–water partition coefficient (Wildman–Crippen LogP) is 2.93. The Morgan fingerprint density at radius 3 is 2.67 bits per heavy atom. The van der Waals surface area contributed by atoms with E-state index in [0.717, 1.165) is 10.7 Å². The van der Waals surface area contributed by atoms with E-state index in [0.29, 0.717) is 16.8 Å². The molecule has 2 aromatic heterocycles. The molecule has 1 atom stereocenters. The number of ether oxygens (including phenoxy) is 1. The Balaban J connectivity index is 1.64. The molecule has 0 fully saturated rings. The summed E-state index contributed by atoms with van der Waals surface area (Å²) in [6.45, 7) is 1.49. The minimum atomic E-state index is -1.12. The lowest BCUT2D eigenvalue weighted by atomic mass is 10.0. The number of methoxy groups -OCH3 is 1. The second-order valence-electron chi connectivity index (χ2n) is 7.57. The molecule has 1 unspecified atom stereocenters. The van der Waals surface area contributed by atoms with Crippen molar-refractivity contribution in [1.29, 1.82) is 0 Å². The second kappa shape index (κ2) is 10.1. The summed E-state index contributed by atoms with van der Waals surface area (Å²) in [5.41, 5.74) is 7.82. The number of nitrogens with zero attached hydrogens (tertiary/aromatic N) is 5. The van der Waals surface area contributed by atoms with Crippen LogP contribution in [0.1, 0.15) is 6.92 Å². The van der Waals surface area contributed by atoms with E-state index in [1.54, 1.807) is 30.3 Å². The van der Waals surface area contributed by atoms with Crippen molar-refractivity contribution in [2.75, 3.05) is 18.2 Å². The quantitative estimate of drug-likeness (QED) is 0.346. The highest BCUT2D eigenvalue weighted by Gasteiger charge is 2.20. The van der Waals surface area contributed by atoms with Crippen LogP contribution in [0, 0.1) is 11.6 Å². The molecule has 0 saturated heterocycles. The van der Waals surface area contributed by atoms with Crippen LogP contribution in [0.2, 0.25) is 0 Å². The Bertz CT molecular complexity index is 1440. The molecular weight excluding hydrogens is 474 g/mol. The van der Waals surface area contributed by atoms with Crippen molar-refractivity contribution in [3.05, 3.63) is 66.4 Å². The van der Waals surface area contributed by atoms with E-state index in [-0.39, 0.29) is 22.9 Å². The van der Waals surface area contributed by atoms with Gasteiger partial charge in [-0.2, -0.15) is 4.68 Å². The minimum absolute atomic E-state index is 0.0526. The number of aromatic nitrogens is 5. The van der Waals surface area contributed by atoms with Gasteiger partial charge in [0.05, 0.1) is 12.7 Å². The molecule has 0 aliphatic rings. The van der Waals surface area contributed by atoms with Crippen LogP contribution in [0.3, 0.4) is 0 Å². The largest absolute Gasteiger partial charge is 0.467 e. The SMILES string of the molecule is COC(=O)C(C)NC(=O)Nc1cccc(-c2cnc(N)c(-c3nnnn3-c3cccc(F)c3F)c2)c1. The summed E-state index contributed by atoms with van der Waals surface area (Å²) >= 11 is 0. The fourth-order valence-corrected chi connectivity index (χ4v) is 3.36. The van der Waals surface area contributed by atoms with Crippen molar-refractivity contribution in [2.45, 2.75) is 13.0 Å². The highest BCUT2D eigenvalue weighted by atomic mass is 19.2. The van der Waals surface area contributed by atoms with Gasteiger partial charge in [0.15, 0.2) is 17.5 Å². The van der Waals surface area contributed by atoms with E-state index in [1.807, 2.05) is 0 Å².